The first kappa shape index (κ1) is 22.0. The van der Waals surface area contributed by atoms with Crippen LogP contribution in [0.1, 0.15) is 28.6 Å². The lowest BCUT2D eigenvalue weighted by Gasteiger charge is -2.20. The first-order valence-corrected chi connectivity index (χ1v) is 12.1. The molecule has 0 saturated carbocycles. The summed E-state index contributed by atoms with van der Waals surface area (Å²) in [6, 6.07) is 16.0. The molecule has 0 saturated heterocycles. The van der Waals surface area contributed by atoms with Crippen molar-refractivity contribution in [2.24, 2.45) is 5.73 Å². The van der Waals surface area contributed by atoms with E-state index in [0.717, 1.165) is 15.6 Å². The lowest BCUT2D eigenvalue weighted by molar-refractivity contribution is -0.142. The fraction of sp³-hybridized carbons (Fsp3) is 0.238. The predicted octanol–water partition coefficient (Wildman–Crippen LogP) is 4.32. The van der Waals surface area contributed by atoms with Crippen LogP contribution in [0.2, 0.25) is 0 Å². The first-order valence-electron chi connectivity index (χ1n) is 9.45. The van der Waals surface area contributed by atoms with Crippen LogP contribution in [-0.2, 0) is 20.3 Å². The third-order valence-corrected chi connectivity index (χ3v) is 7.20. The molecule has 0 radical (unpaired) electrons. The number of hydrogen-bond acceptors (Lipinski definition) is 6. The van der Waals surface area contributed by atoms with Gasteiger partial charge in [-0.2, -0.15) is 0 Å². The van der Waals surface area contributed by atoms with Gasteiger partial charge in [-0.25, -0.2) is 5.09 Å². The van der Waals surface area contributed by atoms with Crippen molar-refractivity contribution in [3.8, 4) is 5.75 Å². The van der Waals surface area contributed by atoms with E-state index in [2.05, 4.69) is 5.09 Å². The zero-order chi connectivity index (χ0) is 21.6. The van der Waals surface area contributed by atoms with Gasteiger partial charge in [-0.3, -0.25) is 14.2 Å². The van der Waals surface area contributed by atoms with Crippen molar-refractivity contribution in [1.29, 1.82) is 0 Å². The fourth-order valence-corrected chi connectivity index (χ4v) is 5.42. The van der Waals surface area contributed by atoms with Crippen LogP contribution in [0.25, 0.3) is 10.1 Å². The maximum absolute atomic E-state index is 13.6. The topological polar surface area (TPSA) is 108 Å². The highest BCUT2D eigenvalue weighted by molar-refractivity contribution is 7.56. The fourth-order valence-electron chi connectivity index (χ4n) is 2.78. The number of fused-ring (bicyclic) bond motifs is 1. The molecule has 0 bridgehead atoms. The molecule has 158 valence electrons. The Labute approximate surface area is 178 Å². The number of nitrogens with one attached hydrogen (secondary N) is 1. The van der Waals surface area contributed by atoms with Gasteiger partial charge in [0.05, 0.1) is 17.6 Å². The summed E-state index contributed by atoms with van der Waals surface area (Å²) >= 11 is 1.30. The van der Waals surface area contributed by atoms with Crippen molar-refractivity contribution in [3.05, 3.63) is 65.0 Å². The Hall–Kier alpha value is -2.67. The van der Waals surface area contributed by atoms with Crippen LogP contribution in [0.15, 0.2) is 54.6 Å². The number of benzene rings is 2. The van der Waals surface area contributed by atoms with Gasteiger partial charge in [0.2, 0.25) is 0 Å². The molecule has 1 atom stereocenters. The number of nitrogens with two attached hydrogens (primary N) is 1. The third-order valence-electron chi connectivity index (χ3n) is 4.14. The molecular formula is C21H23N2O5PS. The summed E-state index contributed by atoms with van der Waals surface area (Å²) in [5, 5.41) is 3.59. The molecule has 3 aromatic rings. The molecule has 0 spiro atoms. The zero-order valence-corrected chi connectivity index (χ0v) is 18.2. The number of amides is 1. The van der Waals surface area contributed by atoms with Crippen LogP contribution in [-0.4, -0.2) is 25.0 Å². The minimum atomic E-state index is -3.48. The molecule has 3 N–H and O–H groups in total. The van der Waals surface area contributed by atoms with Crippen molar-refractivity contribution >= 4 is 40.8 Å². The highest BCUT2D eigenvalue weighted by atomic mass is 32.1. The Morgan fingerprint density at radius 3 is 2.60 bits per heavy atom. The zero-order valence-electron chi connectivity index (χ0n) is 16.5. The molecule has 1 amide bonds. The minimum absolute atomic E-state index is 0.0562. The van der Waals surface area contributed by atoms with Gasteiger partial charge in [-0.1, -0.05) is 31.2 Å². The Morgan fingerprint density at radius 2 is 1.90 bits per heavy atom. The van der Waals surface area contributed by atoms with Crippen molar-refractivity contribution in [2.45, 2.75) is 19.5 Å². The quantitative estimate of drug-likeness (QED) is 0.355. The minimum Gasteiger partial charge on any atom is -0.465 e. The molecule has 1 unspecified atom stereocenters. The van der Waals surface area contributed by atoms with Gasteiger partial charge in [0, 0.05) is 4.70 Å². The van der Waals surface area contributed by atoms with Gasteiger partial charge in [0.25, 0.3) is 5.91 Å². The van der Waals surface area contributed by atoms with Gasteiger partial charge in [0.15, 0.2) is 0 Å². The summed E-state index contributed by atoms with van der Waals surface area (Å²) in [6.07, 6.45) is 0.762. The lowest BCUT2D eigenvalue weighted by Crippen LogP contribution is -2.25. The highest BCUT2D eigenvalue weighted by Crippen LogP contribution is 2.46. The van der Waals surface area contributed by atoms with Crippen molar-refractivity contribution in [3.63, 3.8) is 0 Å². The molecule has 2 aromatic carbocycles. The first-order chi connectivity index (χ1) is 14.4. The second kappa shape index (κ2) is 9.89. The number of carbonyl (C=O) groups is 2. The molecule has 1 heterocycles. The molecule has 3 rings (SSSR count). The number of rotatable bonds is 10. The maximum Gasteiger partial charge on any atom is 0.321 e. The Bertz CT molecular complexity index is 1080. The molecule has 0 aliphatic carbocycles. The molecule has 1 aromatic heterocycles. The van der Waals surface area contributed by atoms with E-state index in [0.29, 0.717) is 23.7 Å². The standard InChI is InChI=1S/C21H23N2O5PS/c1-2-10-27-20(24)13-23-29(26,28-17-6-4-3-5-7-17)14-15-8-9-18-16(11-15)12-19(30-18)21(22)25/h3-9,11-12H,2,10,13-14H2,1H3,(H2,22,25)(H,23,26). The number of thiophene rings is 1. The third kappa shape index (κ3) is 5.92. The average Bonchev–Trinajstić information content (AvgIpc) is 3.15. The van der Waals surface area contributed by atoms with Crippen LogP contribution in [0.4, 0.5) is 0 Å². The van der Waals surface area contributed by atoms with E-state index < -0.39 is 19.4 Å². The summed E-state index contributed by atoms with van der Waals surface area (Å²) in [7, 11) is -3.48. The van der Waals surface area contributed by atoms with Crippen molar-refractivity contribution in [1.82, 2.24) is 5.09 Å². The summed E-state index contributed by atoms with van der Waals surface area (Å²) in [6.45, 7) is 1.98. The number of carbonyl (C=O) groups excluding carboxylic acids is 2. The molecule has 0 aliphatic rings. The number of ether oxygens (including phenoxy) is 1. The maximum atomic E-state index is 13.6. The predicted molar refractivity (Wildman–Crippen MR) is 118 cm³/mol. The normalized spacial score (nSPS) is 13.0. The van der Waals surface area contributed by atoms with Gasteiger partial charge in [-0.05, 0) is 47.7 Å². The van der Waals surface area contributed by atoms with Crippen molar-refractivity contribution < 1.29 is 23.4 Å². The van der Waals surface area contributed by atoms with Crippen LogP contribution < -0.4 is 15.3 Å². The second-order valence-corrected chi connectivity index (χ2v) is 9.88. The number of para-hydroxylation sites is 1. The summed E-state index contributed by atoms with van der Waals surface area (Å²) in [5.41, 5.74) is 6.10. The molecule has 7 nitrogen and oxygen atoms in total. The van der Waals surface area contributed by atoms with Crippen molar-refractivity contribution in [2.75, 3.05) is 13.2 Å². The van der Waals surface area contributed by atoms with Crippen LogP contribution >= 0.6 is 18.9 Å². The molecule has 30 heavy (non-hydrogen) atoms. The second-order valence-electron chi connectivity index (χ2n) is 6.64. The van der Waals surface area contributed by atoms with Gasteiger partial charge < -0.3 is 15.0 Å². The van der Waals surface area contributed by atoms with E-state index >= 15 is 0 Å². The van der Waals surface area contributed by atoms with E-state index in [4.69, 9.17) is 15.0 Å². The Balaban J connectivity index is 1.82. The molecule has 0 aliphatic heterocycles. The van der Waals surface area contributed by atoms with Crippen LogP contribution in [0.5, 0.6) is 5.75 Å². The van der Waals surface area contributed by atoms with Gasteiger partial charge >= 0.3 is 13.5 Å². The molecule has 9 heteroatoms. The Kier molecular flexibility index (Phi) is 7.26. The van der Waals surface area contributed by atoms with Crippen LogP contribution in [0.3, 0.4) is 0 Å². The number of esters is 1. The smallest absolute Gasteiger partial charge is 0.321 e. The summed E-state index contributed by atoms with van der Waals surface area (Å²) in [5.74, 6) is -0.543. The van der Waals surface area contributed by atoms with E-state index in [1.54, 1.807) is 30.3 Å². The van der Waals surface area contributed by atoms with Crippen LogP contribution in [0, 0.1) is 0 Å². The SMILES string of the molecule is CCCOC(=O)CNP(=O)(Cc1ccc2sc(C(N)=O)cc2c1)Oc1ccccc1. The monoisotopic (exact) mass is 446 g/mol. The van der Waals surface area contributed by atoms with E-state index in [1.807, 2.05) is 31.2 Å². The summed E-state index contributed by atoms with van der Waals surface area (Å²) < 4.78 is 25.3. The molecule has 0 fully saturated rings. The number of hydrogen-bond donors (Lipinski definition) is 2. The average molecular weight is 446 g/mol. The summed E-state index contributed by atoms with van der Waals surface area (Å²) in [4.78, 5) is 23.8. The van der Waals surface area contributed by atoms with E-state index in [1.165, 1.54) is 11.3 Å². The van der Waals surface area contributed by atoms with E-state index in [-0.39, 0.29) is 12.7 Å². The van der Waals surface area contributed by atoms with E-state index in [9.17, 15) is 14.2 Å². The van der Waals surface area contributed by atoms with Gasteiger partial charge in [0.1, 0.15) is 12.3 Å². The van der Waals surface area contributed by atoms with Gasteiger partial charge in [-0.15, -0.1) is 11.3 Å². The molecular weight excluding hydrogens is 423 g/mol. The Morgan fingerprint density at radius 1 is 1.13 bits per heavy atom. The lowest BCUT2D eigenvalue weighted by atomic mass is 10.2. The highest BCUT2D eigenvalue weighted by Gasteiger charge is 2.27. The number of primary amides is 1. The largest absolute Gasteiger partial charge is 0.465 e.